The van der Waals surface area contributed by atoms with Gasteiger partial charge in [-0.05, 0) is 45.8 Å². The molecule has 2 rings (SSSR count). The van der Waals surface area contributed by atoms with Gasteiger partial charge in [-0.2, -0.15) is 13.2 Å². The Labute approximate surface area is 126 Å². The third kappa shape index (κ3) is 3.91. The van der Waals surface area contributed by atoms with Crippen LogP contribution in [-0.2, 0) is 12.6 Å². The average molecular weight is 361 g/mol. The van der Waals surface area contributed by atoms with Crippen LogP contribution in [0.4, 0.5) is 17.6 Å². The first kappa shape index (κ1) is 15.7. The molecule has 0 fully saturated rings. The van der Waals surface area contributed by atoms with E-state index in [2.05, 4.69) is 15.9 Å². The van der Waals surface area contributed by atoms with Gasteiger partial charge < -0.3 is 0 Å². The number of Topliss-reactive ketones (excluding diaryl/α,β-unsaturated/α-hetero) is 1. The number of carbonyl (C=O) groups is 1. The van der Waals surface area contributed by atoms with Crippen molar-refractivity contribution < 1.29 is 22.4 Å². The molecule has 0 N–H and O–H groups in total. The van der Waals surface area contributed by atoms with Crippen molar-refractivity contribution in [2.24, 2.45) is 0 Å². The Bertz CT molecular complexity index is 680. The van der Waals surface area contributed by atoms with E-state index < -0.39 is 23.3 Å². The van der Waals surface area contributed by atoms with Crippen LogP contribution in [0.5, 0.6) is 0 Å². The normalized spacial score (nSPS) is 11.5. The van der Waals surface area contributed by atoms with E-state index in [1.54, 1.807) is 0 Å². The molecule has 0 heterocycles. The Hall–Kier alpha value is -1.69. The Morgan fingerprint density at radius 3 is 2.43 bits per heavy atom. The average Bonchev–Trinajstić information content (AvgIpc) is 2.42. The molecule has 0 aliphatic rings. The van der Waals surface area contributed by atoms with E-state index >= 15 is 0 Å². The molecule has 2 aromatic rings. The molecule has 0 saturated carbocycles. The van der Waals surface area contributed by atoms with Gasteiger partial charge in [0, 0.05) is 12.0 Å². The van der Waals surface area contributed by atoms with Gasteiger partial charge in [-0.1, -0.05) is 18.2 Å². The second-order valence-corrected chi connectivity index (χ2v) is 5.28. The SMILES string of the molecule is O=C(Cc1ccc(F)c(Br)c1)c1cccc(C(F)(F)F)c1. The van der Waals surface area contributed by atoms with Crippen LogP contribution in [-0.4, -0.2) is 5.78 Å². The summed E-state index contributed by atoms with van der Waals surface area (Å²) in [6.45, 7) is 0. The number of hydrogen-bond acceptors (Lipinski definition) is 1. The molecule has 0 aliphatic carbocycles. The molecule has 0 radical (unpaired) electrons. The second kappa shape index (κ2) is 5.97. The zero-order chi connectivity index (χ0) is 15.6. The third-order valence-electron chi connectivity index (χ3n) is 2.86. The molecular formula is C15H9BrF4O. The maximum atomic E-state index is 13.1. The summed E-state index contributed by atoms with van der Waals surface area (Å²) < 4.78 is 51.1. The van der Waals surface area contributed by atoms with E-state index in [1.807, 2.05) is 0 Å². The molecule has 2 aromatic carbocycles. The van der Waals surface area contributed by atoms with Gasteiger partial charge in [-0.15, -0.1) is 0 Å². The fourth-order valence-corrected chi connectivity index (χ4v) is 2.23. The second-order valence-electron chi connectivity index (χ2n) is 4.43. The highest BCUT2D eigenvalue weighted by atomic mass is 79.9. The maximum absolute atomic E-state index is 13.1. The van der Waals surface area contributed by atoms with Gasteiger partial charge in [0.25, 0.3) is 0 Å². The van der Waals surface area contributed by atoms with Crippen molar-refractivity contribution in [3.05, 3.63) is 69.4 Å². The predicted molar refractivity (Wildman–Crippen MR) is 73.6 cm³/mol. The van der Waals surface area contributed by atoms with Crippen LogP contribution in [0.3, 0.4) is 0 Å². The number of benzene rings is 2. The van der Waals surface area contributed by atoms with Crippen LogP contribution in [0.2, 0.25) is 0 Å². The van der Waals surface area contributed by atoms with Gasteiger partial charge in [-0.3, -0.25) is 4.79 Å². The minimum atomic E-state index is -4.49. The molecule has 6 heteroatoms. The molecule has 0 unspecified atom stereocenters. The van der Waals surface area contributed by atoms with Crippen molar-refractivity contribution in [3.8, 4) is 0 Å². The Balaban J connectivity index is 2.22. The lowest BCUT2D eigenvalue weighted by molar-refractivity contribution is -0.137. The van der Waals surface area contributed by atoms with Gasteiger partial charge in [0.2, 0.25) is 0 Å². The highest BCUT2D eigenvalue weighted by molar-refractivity contribution is 9.10. The first-order valence-corrected chi connectivity index (χ1v) is 6.71. The van der Waals surface area contributed by atoms with E-state index in [9.17, 15) is 22.4 Å². The van der Waals surface area contributed by atoms with E-state index in [1.165, 1.54) is 30.3 Å². The van der Waals surface area contributed by atoms with Crippen LogP contribution in [0.15, 0.2) is 46.9 Å². The smallest absolute Gasteiger partial charge is 0.294 e. The first-order valence-electron chi connectivity index (χ1n) is 5.92. The molecule has 0 bridgehead atoms. The molecule has 0 spiro atoms. The van der Waals surface area contributed by atoms with E-state index in [0.717, 1.165) is 12.1 Å². The largest absolute Gasteiger partial charge is 0.416 e. The Morgan fingerprint density at radius 1 is 1.10 bits per heavy atom. The lowest BCUT2D eigenvalue weighted by atomic mass is 10.0. The molecular weight excluding hydrogens is 352 g/mol. The van der Waals surface area contributed by atoms with Gasteiger partial charge in [-0.25, -0.2) is 4.39 Å². The van der Waals surface area contributed by atoms with Crippen molar-refractivity contribution in [3.63, 3.8) is 0 Å². The van der Waals surface area contributed by atoms with Gasteiger partial charge in [0.05, 0.1) is 10.0 Å². The van der Waals surface area contributed by atoms with Gasteiger partial charge >= 0.3 is 6.18 Å². The molecule has 0 aromatic heterocycles. The van der Waals surface area contributed by atoms with Crippen LogP contribution in [0.1, 0.15) is 21.5 Å². The number of alkyl halides is 3. The van der Waals surface area contributed by atoms with Crippen molar-refractivity contribution in [2.45, 2.75) is 12.6 Å². The molecule has 110 valence electrons. The van der Waals surface area contributed by atoms with Crippen molar-refractivity contribution >= 4 is 21.7 Å². The third-order valence-corrected chi connectivity index (χ3v) is 3.47. The lowest BCUT2D eigenvalue weighted by Crippen LogP contribution is -2.09. The topological polar surface area (TPSA) is 17.1 Å². The zero-order valence-corrected chi connectivity index (χ0v) is 12.1. The van der Waals surface area contributed by atoms with Crippen molar-refractivity contribution in [1.82, 2.24) is 0 Å². The lowest BCUT2D eigenvalue weighted by Gasteiger charge is -2.08. The number of halogens is 5. The summed E-state index contributed by atoms with van der Waals surface area (Å²) >= 11 is 2.99. The van der Waals surface area contributed by atoms with Crippen LogP contribution >= 0.6 is 15.9 Å². The van der Waals surface area contributed by atoms with Gasteiger partial charge in [0.1, 0.15) is 5.82 Å². The van der Waals surface area contributed by atoms with Crippen LogP contribution in [0.25, 0.3) is 0 Å². The summed E-state index contributed by atoms with van der Waals surface area (Å²) in [5.41, 5.74) is -0.371. The van der Waals surface area contributed by atoms with E-state index in [-0.39, 0.29) is 16.5 Å². The summed E-state index contributed by atoms with van der Waals surface area (Å²) in [4.78, 5) is 12.0. The zero-order valence-electron chi connectivity index (χ0n) is 10.5. The summed E-state index contributed by atoms with van der Waals surface area (Å²) in [6.07, 6.45) is -4.59. The van der Waals surface area contributed by atoms with Crippen LogP contribution in [0, 0.1) is 5.82 Å². The first-order chi connectivity index (χ1) is 9.77. The molecule has 1 nitrogen and oxygen atoms in total. The molecule has 0 saturated heterocycles. The Kier molecular flexibility index (Phi) is 4.46. The predicted octanol–water partition coefficient (Wildman–Crippen LogP) is 5.03. The van der Waals surface area contributed by atoms with Crippen molar-refractivity contribution in [1.29, 1.82) is 0 Å². The van der Waals surface area contributed by atoms with Crippen LogP contribution < -0.4 is 0 Å². The number of rotatable bonds is 3. The standard InChI is InChI=1S/C15H9BrF4O/c16-12-6-9(4-5-13(12)17)7-14(21)10-2-1-3-11(8-10)15(18,19)20/h1-6,8H,7H2. The minimum Gasteiger partial charge on any atom is -0.294 e. The number of hydrogen-bond donors (Lipinski definition) is 0. The summed E-state index contributed by atoms with van der Waals surface area (Å²) in [5, 5.41) is 0. The highest BCUT2D eigenvalue weighted by Crippen LogP contribution is 2.29. The minimum absolute atomic E-state index is 0.0229. The quantitative estimate of drug-likeness (QED) is 0.554. The number of carbonyl (C=O) groups excluding carboxylic acids is 1. The molecule has 0 aliphatic heterocycles. The highest BCUT2D eigenvalue weighted by Gasteiger charge is 2.30. The van der Waals surface area contributed by atoms with E-state index in [4.69, 9.17) is 0 Å². The van der Waals surface area contributed by atoms with E-state index in [0.29, 0.717) is 5.56 Å². The summed E-state index contributed by atoms with van der Waals surface area (Å²) in [5.74, 6) is -0.926. The molecule has 0 amide bonds. The van der Waals surface area contributed by atoms with Gasteiger partial charge in [0.15, 0.2) is 5.78 Å². The maximum Gasteiger partial charge on any atom is 0.416 e. The fraction of sp³-hybridized carbons (Fsp3) is 0.133. The fourth-order valence-electron chi connectivity index (χ4n) is 1.81. The molecule has 21 heavy (non-hydrogen) atoms. The summed E-state index contributed by atoms with van der Waals surface area (Å²) in [7, 11) is 0. The monoisotopic (exact) mass is 360 g/mol. The summed E-state index contributed by atoms with van der Waals surface area (Å²) in [6, 6.07) is 8.30. The Morgan fingerprint density at radius 2 is 1.81 bits per heavy atom. The molecule has 0 atom stereocenters. The van der Waals surface area contributed by atoms with Crippen molar-refractivity contribution in [2.75, 3.05) is 0 Å². The number of ketones is 1.